The number of fused-ring (bicyclic) bond motifs is 3. The standard InChI is InChI=1S/C24H28ClFN4O5/c1-27(2)18(31)13-28-8-3-4-9-30-20(23(28)34)15-7-10-29(22(33)19(15)21(32)24(30)35)12-14-5-6-17(26)16(25)11-14/h5-6,11,18,31-32H,3-4,7-10,12-13H2,1-2H3. The summed E-state index contributed by atoms with van der Waals surface area (Å²) in [5.74, 6) is -2.29. The minimum absolute atomic E-state index is 0.0427. The number of amides is 2. The molecule has 3 heterocycles. The third-order valence-corrected chi connectivity index (χ3v) is 6.85. The highest BCUT2D eigenvalue weighted by atomic mass is 35.5. The van der Waals surface area contributed by atoms with Crippen LogP contribution in [0.5, 0.6) is 5.75 Å². The number of nitrogens with zero attached hydrogens (tertiary/aromatic N) is 4. The topological polar surface area (TPSA) is 106 Å². The Morgan fingerprint density at radius 1 is 1.09 bits per heavy atom. The van der Waals surface area contributed by atoms with Gasteiger partial charge in [0.15, 0.2) is 5.75 Å². The molecule has 2 aromatic rings. The summed E-state index contributed by atoms with van der Waals surface area (Å²) in [5.41, 5.74) is 0.0449. The first-order chi connectivity index (χ1) is 16.6. The lowest BCUT2D eigenvalue weighted by Gasteiger charge is -2.34. The predicted molar refractivity (Wildman–Crippen MR) is 127 cm³/mol. The number of hydrogen-bond donors (Lipinski definition) is 2. The van der Waals surface area contributed by atoms with E-state index < -0.39 is 35.2 Å². The number of aromatic nitrogens is 1. The van der Waals surface area contributed by atoms with Gasteiger partial charge in [0.1, 0.15) is 17.7 Å². The molecule has 0 fully saturated rings. The van der Waals surface area contributed by atoms with E-state index in [1.54, 1.807) is 19.0 Å². The van der Waals surface area contributed by atoms with E-state index in [4.69, 9.17) is 11.6 Å². The van der Waals surface area contributed by atoms with Crippen LogP contribution in [0.3, 0.4) is 0 Å². The molecule has 1 aromatic heterocycles. The van der Waals surface area contributed by atoms with Gasteiger partial charge in [-0.25, -0.2) is 4.39 Å². The van der Waals surface area contributed by atoms with Gasteiger partial charge in [-0.2, -0.15) is 0 Å². The fourth-order valence-electron chi connectivity index (χ4n) is 4.57. The Kier molecular flexibility index (Phi) is 7.16. The second-order valence-corrected chi connectivity index (χ2v) is 9.54. The molecule has 4 rings (SSSR count). The first kappa shape index (κ1) is 25.2. The molecule has 2 amide bonds. The maximum atomic E-state index is 13.6. The smallest absolute Gasteiger partial charge is 0.294 e. The van der Waals surface area contributed by atoms with Gasteiger partial charge in [0.05, 0.1) is 17.1 Å². The second-order valence-electron chi connectivity index (χ2n) is 9.14. The normalized spacial score (nSPS) is 17.2. The molecule has 0 saturated heterocycles. The van der Waals surface area contributed by atoms with Gasteiger partial charge in [-0.05, 0) is 51.1 Å². The van der Waals surface area contributed by atoms with Gasteiger partial charge in [0.2, 0.25) is 0 Å². The fraction of sp³-hybridized carbons (Fsp3) is 0.458. The summed E-state index contributed by atoms with van der Waals surface area (Å²) in [4.78, 5) is 44.6. The first-order valence-corrected chi connectivity index (χ1v) is 11.8. The van der Waals surface area contributed by atoms with Gasteiger partial charge in [-0.3, -0.25) is 19.3 Å². The molecule has 1 atom stereocenters. The number of rotatable bonds is 5. The average Bonchev–Trinajstić information content (AvgIpc) is 2.81. The van der Waals surface area contributed by atoms with Gasteiger partial charge >= 0.3 is 0 Å². The monoisotopic (exact) mass is 506 g/mol. The van der Waals surface area contributed by atoms with Crippen molar-refractivity contribution in [1.29, 1.82) is 0 Å². The number of hydrogen-bond acceptors (Lipinski definition) is 6. The summed E-state index contributed by atoms with van der Waals surface area (Å²) in [6.45, 7) is 1.03. The maximum absolute atomic E-state index is 13.6. The van der Waals surface area contributed by atoms with E-state index in [2.05, 4.69) is 0 Å². The molecule has 188 valence electrons. The van der Waals surface area contributed by atoms with E-state index in [0.29, 0.717) is 30.5 Å². The molecule has 9 nitrogen and oxygen atoms in total. The minimum Gasteiger partial charge on any atom is -0.502 e. The number of carbonyl (C=O) groups excluding carboxylic acids is 2. The van der Waals surface area contributed by atoms with Crippen molar-refractivity contribution in [3.05, 3.63) is 61.8 Å². The van der Waals surface area contributed by atoms with Crippen LogP contribution in [0.15, 0.2) is 23.0 Å². The van der Waals surface area contributed by atoms with Crippen LogP contribution >= 0.6 is 11.6 Å². The zero-order valence-corrected chi connectivity index (χ0v) is 20.4. The minimum atomic E-state index is -0.897. The van der Waals surface area contributed by atoms with E-state index in [-0.39, 0.29) is 48.9 Å². The van der Waals surface area contributed by atoms with Crippen molar-refractivity contribution in [2.24, 2.45) is 0 Å². The van der Waals surface area contributed by atoms with Crippen molar-refractivity contribution in [1.82, 2.24) is 19.3 Å². The SMILES string of the molecule is CN(C)C(O)CN1CCCCn2c(c3c(c(O)c2=O)C(=O)N(Cc2ccc(F)c(Cl)c2)CC3)C1=O. The molecule has 1 unspecified atom stereocenters. The van der Waals surface area contributed by atoms with Crippen LogP contribution in [-0.4, -0.2) is 81.3 Å². The number of pyridine rings is 1. The van der Waals surface area contributed by atoms with Crippen LogP contribution in [0.25, 0.3) is 0 Å². The quantitative estimate of drug-likeness (QED) is 0.597. The summed E-state index contributed by atoms with van der Waals surface area (Å²) in [5, 5.41) is 21.0. The summed E-state index contributed by atoms with van der Waals surface area (Å²) >= 11 is 5.86. The van der Waals surface area contributed by atoms with E-state index in [9.17, 15) is 29.0 Å². The van der Waals surface area contributed by atoms with E-state index in [1.165, 1.54) is 32.6 Å². The van der Waals surface area contributed by atoms with E-state index in [1.807, 2.05) is 0 Å². The number of halogens is 2. The average molecular weight is 507 g/mol. The Labute approximate surface area is 206 Å². The van der Waals surface area contributed by atoms with Crippen molar-refractivity contribution < 1.29 is 24.2 Å². The molecule has 0 saturated carbocycles. The molecule has 2 N–H and O–H groups in total. The Morgan fingerprint density at radius 2 is 1.80 bits per heavy atom. The zero-order valence-electron chi connectivity index (χ0n) is 19.6. The van der Waals surface area contributed by atoms with E-state index in [0.717, 1.165) is 0 Å². The van der Waals surface area contributed by atoms with Gasteiger partial charge in [0.25, 0.3) is 17.4 Å². The molecule has 1 aromatic carbocycles. The maximum Gasteiger partial charge on any atom is 0.294 e. The summed E-state index contributed by atoms with van der Waals surface area (Å²) < 4.78 is 14.8. The molecular formula is C24H28ClFN4O5. The largest absolute Gasteiger partial charge is 0.502 e. The van der Waals surface area contributed by atoms with Crippen LogP contribution < -0.4 is 5.56 Å². The van der Waals surface area contributed by atoms with Crippen LogP contribution in [0.4, 0.5) is 4.39 Å². The number of carbonyl (C=O) groups is 2. The van der Waals surface area contributed by atoms with Crippen LogP contribution in [0, 0.1) is 5.82 Å². The van der Waals surface area contributed by atoms with Gasteiger partial charge in [-0.15, -0.1) is 0 Å². The molecular weight excluding hydrogens is 479 g/mol. The summed E-state index contributed by atoms with van der Waals surface area (Å²) in [6.07, 6.45) is 0.571. The number of benzene rings is 1. The number of aromatic hydroxyl groups is 1. The third kappa shape index (κ3) is 4.78. The molecule has 11 heteroatoms. The highest BCUT2D eigenvalue weighted by molar-refractivity contribution is 6.30. The molecule has 2 aliphatic heterocycles. The lowest BCUT2D eigenvalue weighted by atomic mass is 9.94. The zero-order chi connectivity index (χ0) is 25.4. The lowest BCUT2D eigenvalue weighted by Crippen LogP contribution is -2.48. The summed E-state index contributed by atoms with van der Waals surface area (Å²) in [7, 11) is 3.39. The molecule has 0 spiro atoms. The van der Waals surface area contributed by atoms with Gasteiger partial charge in [0, 0.05) is 31.7 Å². The third-order valence-electron chi connectivity index (χ3n) is 6.56. The van der Waals surface area contributed by atoms with E-state index >= 15 is 0 Å². The first-order valence-electron chi connectivity index (χ1n) is 11.5. The number of aliphatic hydroxyl groups excluding tert-OH is 1. The Balaban J connectivity index is 1.74. The highest BCUT2D eigenvalue weighted by Gasteiger charge is 2.37. The number of β-amino-alcohol motifs (C(OH)–C–C–N with tert-alkyl or cyclic N) is 1. The van der Waals surface area contributed by atoms with Crippen LogP contribution in [0.1, 0.15) is 44.8 Å². The Bertz CT molecular complexity index is 1230. The Morgan fingerprint density at radius 3 is 2.49 bits per heavy atom. The van der Waals surface area contributed by atoms with Crippen molar-refractivity contribution in [2.75, 3.05) is 33.7 Å². The molecule has 35 heavy (non-hydrogen) atoms. The fourth-order valence-corrected chi connectivity index (χ4v) is 4.77. The van der Waals surface area contributed by atoms with Crippen LogP contribution in [-0.2, 0) is 19.5 Å². The molecule has 0 bridgehead atoms. The second kappa shape index (κ2) is 9.96. The molecule has 0 radical (unpaired) electrons. The Hall–Kier alpha value is -2.95. The lowest BCUT2D eigenvalue weighted by molar-refractivity contribution is 0.00791. The van der Waals surface area contributed by atoms with Crippen molar-refractivity contribution >= 4 is 23.4 Å². The number of aliphatic hydroxyl groups is 1. The molecule has 2 aliphatic rings. The van der Waals surface area contributed by atoms with Crippen molar-refractivity contribution in [3.63, 3.8) is 0 Å². The number of likely N-dealkylation sites (N-methyl/N-ethyl adjacent to an activating group) is 1. The van der Waals surface area contributed by atoms with Crippen molar-refractivity contribution in [3.8, 4) is 5.75 Å². The van der Waals surface area contributed by atoms with Crippen LogP contribution in [0.2, 0.25) is 5.02 Å². The summed E-state index contributed by atoms with van der Waals surface area (Å²) in [6, 6.07) is 4.14. The molecule has 0 aliphatic carbocycles. The van der Waals surface area contributed by atoms with Crippen molar-refractivity contribution in [2.45, 2.75) is 38.6 Å². The van der Waals surface area contributed by atoms with Gasteiger partial charge in [-0.1, -0.05) is 17.7 Å². The highest BCUT2D eigenvalue weighted by Crippen LogP contribution is 2.30. The van der Waals surface area contributed by atoms with Gasteiger partial charge < -0.3 is 24.6 Å². The predicted octanol–water partition coefficient (Wildman–Crippen LogP) is 1.66.